The Balaban J connectivity index is 2.66. The van der Waals surface area contributed by atoms with E-state index in [9.17, 15) is 0 Å². The molecule has 0 fully saturated rings. The molecule has 2 nitrogen and oxygen atoms in total. The molecule has 2 N–H and O–H groups in total. The zero-order chi connectivity index (χ0) is 10.6. The molecule has 0 spiro atoms. The molecule has 1 aromatic carbocycles. The Hall–Kier alpha value is -0.440. The molecular weight excluding hydrogens is 221 g/mol. The molecule has 4 heteroatoms. The first-order valence-electron chi connectivity index (χ1n) is 4.42. The van der Waals surface area contributed by atoms with Crippen LogP contribution in [0.5, 0.6) is 5.75 Å². The molecule has 78 valence electrons. The highest BCUT2D eigenvalue weighted by Gasteiger charge is 2.08. The fourth-order valence-electron chi connectivity index (χ4n) is 0.914. The minimum atomic E-state index is 0.294. The molecule has 1 unspecified atom stereocenters. The van der Waals surface area contributed by atoms with Gasteiger partial charge in [-0.3, -0.25) is 0 Å². The number of nitrogens with two attached hydrogens (primary N) is 1. The van der Waals surface area contributed by atoms with Crippen molar-refractivity contribution in [2.75, 3.05) is 13.2 Å². The van der Waals surface area contributed by atoms with Crippen molar-refractivity contribution in [3.8, 4) is 5.75 Å². The highest BCUT2D eigenvalue weighted by atomic mass is 35.5. The van der Waals surface area contributed by atoms with Crippen molar-refractivity contribution in [1.82, 2.24) is 0 Å². The molecule has 1 aromatic rings. The smallest absolute Gasteiger partial charge is 0.156 e. The van der Waals surface area contributed by atoms with E-state index in [0.717, 1.165) is 0 Å². The number of ether oxygens (including phenoxy) is 1. The first-order valence-corrected chi connectivity index (χ1v) is 5.17. The predicted octanol–water partition coefficient (Wildman–Crippen LogP) is 2.97. The number of halogens is 2. The Kier molecular flexibility index (Phi) is 4.52. The van der Waals surface area contributed by atoms with Crippen LogP contribution in [0, 0.1) is 5.92 Å². The number of para-hydroxylation sites is 1. The Morgan fingerprint density at radius 1 is 1.36 bits per heavy atom. The number of hydrogen-bond donors (Lipinski definition) is 1. The minimum Gasteiger partial charge on any atom is -0.490 e. The Bertz CT molecular complexity index is 284. The lowest BCUT2D eigenvalue weighted by molar-refractivity contribution is 0.264. The minimum absolute atomic E-state index is 0.294. The number of hydrogen-bond acceptors (Lipinski definition) is 2. The second-order valence-corrected chi connectivity index (χ2v) is 4.02. The number of rotatable bonds is 4. The third kappa shape index (κ3) is 3.05. The van der Waals surface area contributed by atoms with Gasteiger partial charge in [-0.15, -0.1) is 0 Å². The van der Waals surface area contributed by atoms with Gasteiger partial charge < -0.3 is 10.5 Å². The normalized spacial score (nSPS) is 12.6. The van der Waals surface area contributed by atoms with Gasteiger partial charge in [-0.2, -0.15) is 0 Å². The maximum Gasteiger partial charge on any atom is 0.156 e. The Morgan fingerprint density at radius 3 is 2.43 bits per heavy atom. The van der Waals surface area contributed by atoms with Gasteiger partial charge in [0.25, 0.3) is 0 Å². The van der Waals surface area contributed by atoms with Crippen LogP contribution in [0.1, 0.15) is 6.92 Å². The van der Waals surface area contributed by atoms with Gasteiger partial charge in [0.05, 0.1) is 16.7 Å². The van der Waals surface area contributed by atoms with Crippen LogP contribution in [0.15, 0.2) is 18.2 Å². The van der Waals surface area contributed by atoms with Crippen molar-refractivity contribution in [2.24, 2.45) is 11.7 Å². The molecule has 0 bridgehead atoms. The summed E-state index contributed by atoms with van der Waals surface area (Å²) < 4.78 is 5.48. The van der Waals surface area contributed by atoms with E-state index in [-0.39, 0.29) is 0 Å². The molecule has 0 heterocycles. The third-order valence-electron chi connectivity index (χ3n) is 1.83. The first kappa shape index (κ1) is 11.6. The second-order valence-electron chi connectivity index (χ2n) is 3.20. The van der Waals surface area contributed by atoms with Gasteiger partial charge in [-0.25, -0.2) is 0 Å². The Labute approximate surface area is 94.0 Å². The van der Waals surface area contributed by atoms with Crippen LogP contribution in [0.2, 0.25) is 10.0 Å². The van der Waals surface area contributed by atoms with Crippen LogP contribution in [-0.2, 0) is 0 Å². The molecule has 14 heavy (non-hydrogen) atoms. The predicted molar refractivity (Wildman–Crippen MR) is 60.2 cm³/mol. The molecule has 0 aliphatic heterocycles. The van der Waals surface area contributed by atoms with Gasteiger partial charge in [0.15, 0.2) is 5.75 Å². The van der Waals surface area contributed by atoms with Crippen molar-refractivity contribution < 1.29 is 4.74 Å². The van der Waals surface area contributed by atoms with E-state index in [0.29, 0.717) is 34.9 Å². The largest absolute Gasteiger partial charge is 0.490 e. The van der Waals surface area contributed by atoms with Crippen LogP contribution in [0.25, 0.3) is 0 Å². The zero-order valence-corrected chi connectivity index (χ0v) is 9.48. The molecule has 1 atom stereocenters. The van der Waals surface area contributed by atoms with E-state index in [1.807, 2.05) is 6.92 Å². The molecule has 0 aliphatic rings. The maximum absolute atomic E-state index is 5.92. The summed E-state index contributed by atoms with van der Waals surface area (Å²) in [5, 5.41) is 1.06. The lowest BCUT2D eigenvalue weighted by Crippen LogP contribution is -2.18. The molecule has 0 aliphatic carbocycles. The molecule has 0 saturated heterocycles. The summed E-state index contributed by atoms with van der Waals surface area (Å²) in [5.74, 6) is 0.832. The summed E-state index contributed by atoms with van der Waals surface area (Å²) in [6, 6.07) is 5.27. The second kappa shape index (κ2) is 5.44. The van der Waals surface area contributed by atoms with E-state index < -0.39 is 0 Å². The molecule has 0 aromatic heterocycles. The average Bonchev–Trinajstić information content (AvgIpc) is 2.16. The lowest BCUT2D eigenvalue weighted by Gasteiger charge is -2.12. The fraction of sp³-hybridized carbons (Fsp3) is 0.400. The van der Waals surface area contributed by atoms with Crippen molar-refractivity contribution in [3.05, 3.63) is 28.2 Å². The topological polar surface area (TPSA) is 35.2 Å². The van der Waals surface area contributed by atoms with E-state index in [1.54, 1.807) is 18.2 Å². The SMILES string of the molecule is CC(CN)COc1c(Cl)cccc1Cl. The zero-order valence-electron chi connectivity index (χ0n) is 7.97. The molecular formula is C10H13Cl2NO. The first-order chi connectivity index (χ1) is 6.65. The van der Waals surface area contributed by atoms with E-state index in [4.69, 9.17) is 33.7 Å². The quantitative estimate of drug-likeness (QED) is 0.869. The van der Waals surface area contributed by atoms with Crippen molar-refractivity contribution in [3.63, 3.8) is 0 Å². The summed E-state index contributed by atoms with van der Waals surface area (Å²) in [4.78, 5) is 0. The highest BCUT2D eigenvalue weighted by molar-refractivity contribution is 6.37. The van der Waals surface area contributed by atoms with Crippen LogP contribution in [0.3, 0.4) is 0 Å². The molecule has 0 amide bonds. The van der Waals surface area contributed by atoms with Crippen molar-refractivity contribution in [1.29, 1.82) is 0 Å². The van der Waals surface area contributed by atoms with Gasteiger partial charge in [0.1, 0.15) is 0 Å². The van der Waals surface area contributed by atoms with Gasteiger partial charge in [0.2, 0.25) is 0 Å². The van der Waals surface area contributed by atoms with Gasteiger partial charge in [0, 0.05) is 5.92 Å². The maximum atomic E-state index is 5.92. The lowest BCUT2D eigenvalue weighted by atomic mass is 10.2. The van der Waals surface area contributed by atoms with E-state index in [2.05, 4.69) is 0 Å². The summed E-state index contributed by atoms with van der Waals surface area (Å²) in [6.07, 6.45) is 0. The highest BCUT2D eigenvalue weighted by Crippen LogP contribution is 2.32. The third-order valence-corrected chi connectivity index (χ3v) is 2.43. The van der Waals surface area contributed by atoms with Gasteiger partial charge in [-0.05, 0) is 18.7 Å². The standard InChI is InChI=1S/C10H13Cl2NO/c1-7(5-13)6-14-10-8(11)3-2-4-9(10)12/h2-4,7H,5-6,13H2,1H3. The van der Waals surface area contributed by atoms with E-state index >= 15 is 0 Å². The number of benzene rings is 1. The van der Waals surface area contributed by atoms with Gasteiger partial charge >= 0.3 is 0 Å². The van der Waals surface area contributed by atoms with Crippen LogP contribution in [0.4, 0.5) is 0 Å². The van der Waals surface area contributed by atoms with Crippen LogP contribution in [-0.4, -0.2) is 13.2 Å². The summed E-state index contributed by atoms with van der Waals surface area (Å²) in [7, 11) is 0. The Morgan fingerprint density at radius 2 is 1.93 bits per heavy atom. The monoisotopic (exact) mass is 233 g/mol. The average molecular weight is 234 g/mol. The van der Waals surface area contributed by atoms with Crippen molar-refractivity contribution in [2.45, 2.75) is 6.92 Å². The summed E-state index contributed by atoms with van der Waals surface area (Å²) in [6.45, 7) is 3.12. The van der Waals surface area contributed by atoms with Crippen LogP contribution >= 0.6 is 23.2 Å². The summed E-state index contributed by atoms with van der Waals surface area (Å²) in [5.41, 5.74) is 5.47. The molecule has 1 rings (SSSR count). The fourth-order valence-corrected chi connectivity index (χ4v) is 1.42. The van der Waals surface area contributed by atoms with Gasteiger partial charge in [-0.1, -0.05) is 36.2 Å². The molecule has 0 saturated carbocycles. The van der Waals surface area contributed by atoms with E-state index in [1.165, 1.54) is 0 Å². The summed E-state index contributed by atoms with van der Waals surface area (Å²) >= 11 is 11.8. The molecule has 0 radical (unpaired) electrons. The van der Waals surface area contributed by atoms with Crippen molar-refractivity contribution >= 4 is 23.2 Å². The van der Waals surface area contributed by atoms with Crippen LogP contribution < -0.4 is 10.5 Å².